The zero-order valence-corrected chi connectivity index (χ0v) is 16.4. The summed E-state index contributed by atoms with van der Waals surface area (Å²) in [6, 6.07) is 11.7. The minimum atomic E-state index is -0.769. The summed E-state index contributed by atoms with van der Waals surface area (Å²) in [5.74, 6) is -2.10. The Bertz CT molecular complexity index is 1470. The lowest BCUT2D eigenvalue weighted by atomic mass is 9.92. The summed E-state index contributed by atoms with van der Waals surface area (Å²) < 4.78 is 1.78. The van der Waals surface area contributed by atoms with E-state index in [4.69, 9.17) is 17.3 Å². The molecule has 0 spiro atoms. The fraction of sp³-hybridized carbons (Fsp3) is 0.0455. The van der Waals surface area contributed by atoms with Crippen LogP contribution >= 0.6 is 11.6 Å². The predicted octanol–water partition coefficient (Wildman–Crippen LogP) is 3.34. The lowest BCUT2D eigenvalue weighted by Crippen LogP contribution is -2.20. The first-order chi connectivity index (χ1) is 14.3. The van der Waals surface area contributed by atoms with Gasteiger partial charge in [0.25, 0.3) is 17.7 Å². The molecule has 0 radical (unpaired) electrons. The van der Waals surface area contributed by atoms with Crippen molar-refractivity contribution < 1.29 is 19.5 Å². The molecule has 3 amide bonds. The molecule has 148 valence electrons. The maximum absolute atomic E-state index is 12.8. The number of halogens is 1. The minimum absolute atomic E-state index is 0.0306. The molecule has 4 N–H and O–H groups in total. The van der Waals surface area contributed by atoms with Crippen molar-refractivity contribution in [1.29, 1.82) is 0 Å². The average molecular weight is 420 g/mol. The Balaban J connectivity index is 2.01. The van der Waals surface area contributed by atoms with Crippen LogP contribution in [0.2, 0.25) is 5.02 Å². The molecule has 0 unspecified atom stereocenters. The first-order valence-electron chi connectivity index (χ1n) is 9.02. The molecule has 8 heteroatoms. The molecule has 1 aliphatic rings. The maximum Gasteiger partial charge on any atom is 0.259 e. The molecular formula is C22H14ClN3O4. The van der Waals surface area contributed by atoms with E-state index in [0.717, 1.165) is 0 Å². The van der Waals surface area contributed by atoms with Gasteiger partial charge in [0.15, 0.2) is 0 Å². The SMILES string of the molecule is Cn1c2cc(C(N)=O)c(O)cc2c2c3c(c(-c4ccccc4Cl)cc21)C(=O)NC3=O. The Labute approximate surface area is 174 Å². The number of aromatic nitrogens is 1. The Kier molecular flexibility index (Phi) is 3.69. The van der Waals surface area contributed by atoms with E-state index in [-0.39, 0.29) is 22.4 Å². The van der Waals surface area contributed by atoms with Gasteiger partial charge in [-0.3, -0.25) is 19.7 Å². The molecule has 1 aromatic heterocycles. The molecule has 0 saturated heterocycles. The van der Waals surface area contributed by atoms with Crippen molar-refractivity contribution in [2.45, 2.75) is 0 Å². The molecule has 0 atom stereocenters. The number of hydrogen-bond donors (Lipinski definition) is 3. The first kappa shape index (κ1) is 18.2. The molecule has 0 aliphatic carbocycles. The van der Waals surface area contributed by atoms with Crippen molar-refractivity contribution in [1.82, 2.24) is 9.88 Å². The Morgan fingerprint density at radius 1 is 1.03 bits per heavy atom. The van der Waals surface area contributed by atoms with Crippen molar-refractivity contribution in [2.24, 2.45) is 12.8 Å². The standard InChI is InChI=1S/C22H14ClN3O4/c1-26-14-7-12(20(24)28)16(27)8-11(14)17-15(26)6-10(9-4-2-3-5-13(9)23)18-19(17)22(30)25-21(18)29/h2-8,27H,1H3,(H2,24,28)(H,25,29,30). The molecular weight excluding hydrogens is 406 g/mol. The van der Waals surface area contributed by atoms with Gasteiger partial charge in [-0.2, -0.15) is 0 Å². The third kappa shape index (κ3) is 2.29. The molecule has 7 nitrogen and oxygen atoms in total. The second-order valence-corrected chi connectivity index (χ2v) is 7.55. The number of imide groups is 1. The van der Waals surface area contributed by atoms with Gasteiger partial charge in [0.1, 0.15) is 5.75 Å². The van der Waals surface area contributed by atoms with Crippen LogP contribution in [0.5, 0.6) is 5.75 Å². The highest BCUT2D eigenvalue weighted by molar-refractivity contribution is 6.36. The van der Waals surface area contributed by atoms with E-state index in [9.17, 15) is 19.5 Å². The van der Waals surface area contributed by atoms with Gasteiger partial charge in [-0.15, -0.1) is 0 Å². The second kappa shape index (κ2) is 6.08. The van der Waals surface area contributed by atoms with Crippen LogP contribution in [0, 0.1) is 0 Å². The average Bonchev–Trinajstić information content (AvgIpc) is 3.14. The summed E-state index contributed by atoms with van der Waals surface area (Å²) >= 11 is 6.38. The van der Waals surface area contributed by atoms with Gasteiger partial charge in [0.2, 0.25) is 0 Å². The van der Waals surface area contributed by atoms with Crippen LogP contribution < -0.4 is 11.1 Å². The predicted molar refractivity (Wildman–Crippen MR) is 113 cm³/mol. The van der Waals surface area contributed by atoms with Crippen LogP contribution in [-0.2, 0) is 7.05 Å². The number of aromatic hydroxyl groups is 1. The molecule has 5 rings (SSSR count). The molecule has 2 heterocycles. The molecule has 0 bridgehead atoms. The zero-order chi connectivity index (χ0) is 21.3. The molecule has 0 saturated carbocycles. The fourth-order valence-electron chi connectivity index (χ4n) is 4.17. The number of hydrogen-bond acceptors (Lipinski definition) is 4. The van der Waals surface area contributed by atoms with Gasteiger partial charge in [-0.05, 0) is 29.8 Å². The quantitative estimate of drug-likeness (QED) is 0.432. The van der Waals surface area contributed by atoms with Crippen LogP contribution in [-0.4, -0.2) is 27.4 Å². The van der Waals surface area contributed by atoms with E-state index < -0.39 is 17.7 Å². The summed E-state index contributed by atoms with van der Waals surface area (Å²) in [6.07, 6.45) is 0. The highest BCUT2D eigenvalue weighted by Crippen LogP contribution is 2.42. The highest BCUT2D eigenvalue weighted by Gasteiger charge is 2.34. The number of benzene rings is 3. The van der Waals surface area contributed by atoms with Crippen molar-refractivity contribution in [3.05, 3.63) is 64.2 Å². The number of carbonyl (C=O) groups is 3. The normalized spacial score (nSPS) is 13.1. The summed E-state index contributed by atoms with van der Waals surface area (Å²) in [4.78, 5) is 37.1. The van der Waals surface area contributed by atoms with E-state index in [2.05, 4.69) is 5.32 Å². The summed E-state index contributed by atoms with van der Waals surface area (Å²) in [6.45, 7) is 0. The number of primary amides is 1. The number of rotatable bonds is 2. The van der Waals surface area contributed by atoms with Crippen LogP contribution in [0.4, 0.5) is 0 Å². The smallest absolute Gasteiger partial charge is 0.259 e. The number of nitrogens with zero attached hydrogens (tertiary/aromatic N) is 1. The molecule has 30 heavy (non-hydrogen) atoms. The minimum Gasteiger partial charge on any atom is -0.507 e. The Morgan fingerprint density at radius 3 is 2.43 bits per heavy atom. The van der Waals surface area contributed by atoms with Gasteiger partial charge in [-0.25, -0.2) is 0 Å². The van der Waals surface area contributed by atoms with E-state index >= 15 is 0 Å². The second-order valence-electron chi connectivity index (χ2n) is 7.14. The van der Waals surface area contributed by atoms with Crippen LogP contribution in [0.3, 0.4) is 0 Å². The number of phenols is 1. The first-order valence-corrected chi connectivity index (χ1v) is 9.40. The van der Waals surface area contributed by atoms with Crippen molar-refractivity contribution >= 4 is 51.1 Å². The van der Waals surface area contributed by atoms with E-state index in [0.29, 0.717) is 38.0 Å². The monoisotopic (exact) mass is 419 g/mol. The number of amides is 3. The van der Waals surface area contributed by atoms with Crippen LogP contribution in [0.25, 0.3) is 32.9 Å². The molecule has 1 aliphatic heterocycles. The lowest BCUT2D eigenvalue weighted by molar-refractivity contribution is 0.0879. The van der Waals surface area contributed by atoms with Crippen molar-refractivity contribution in [3.63, 3.8) is 0 Å². The largest absolute Gasteiger partial charge is 0.507 e. The highest BCUT2D eigenvalue weighted by atomic mass is 35.5. The summed E-state index contributed by atoms with van der Waals surface area (Å²) in [5, 5.41) is 14.1. The molecule has 0 fully saturated rings. The van der Waals surface area contributed by atoms with Crippen LogP contribution in [0.15, 0.2) is 42.5 Å². The molecule has 4 aromatic rings. The zero-order valence-electron chi connectivity index (χ0n) is 15.6. The van der Waals surface area contributed by atoms with E-state index in [1.165, 1.54) is 12.1 Å². The van der Waals surface area contributed by atoms with Crippen LogP contribution in [0.1, 0.15) is 31.1 Å². The summed E-state index contributed by atoms with van der Waals surface area (Å²) in [7, 11) is 1.77. The van der Waals surface area contributed by atoms with Crippen molar-refractivity contribution in [2.75, 3.05) is 0 Å². The third-order valence-electron chi connectivity index (χ3n) is 5.52. The topological polar surface area (TPSA) is 114 Å². The Hall–Kier alpha value is -3.84. The van der Waals surface area contributed by atoms with E-state index in [1.54, 1.807) is 41.9 Å². The van der Waals surface area contributed by atoms with Gasteiger partial charge in [0, 0.05) is 33.9 Å². The van der Waals surface area contributed by atoms with Gasteiger partial charge in [0.05, 0.1) is 22.2 Å². The lowest BCUT2D eigenvalue weighted by Gasteiger charge is -2.10. The fourth-order valence-corrected chi connectivity index (χ4v) is 4.41. The maximum atomic E-state index is 12.8. The Morgan fingerprint density at radius 2 is 1.73 bits per heavy atom. The van der Waals surface area contributed by atoms with E-state index in [1.807, 2.05) is 0 Å². The van der Waals surface area contributed by atoms with Crippen molar-refractivity contribution in [3.8, 4) is 16.9 Å². The van der Waals surface area contributed by atoms with Gasteiger partial charge < -0.3 is 15.4 Å². The molecule has 3 aromatic carbocycles. The third-order valence-corrected chi connectivity index (χ3v) is 5.85. The van der Waals surface area contributed by atoms with Gasteiger partial charge in [-0.1, -0.05) is 29.8 Å². The number of carbonyl (C=O) groups excluding carboxylic acids is 3. The number of nitrogens with two attached hydrogens (primary N) is 1. The number of nitrogens with one attached hydrogen (secondary N) is 1. The number of fused-ring (bicyclic) bond motifs is 5. The van der Waals surface area contributed by atoms with Gasteiger partial charge >= 0.3 is 0 Å². The summed E-state index contributed by atoms with van der Waals surface area (Å²) in [5.41, 5.74) is 8.15. The number of aryl methyl sites for hydroxylation is 1.